The second-order valence-electron chi connectivity index (χ2n) is 4.35. The molecule has 0 atom stereocenters. The Kier molecular flexibility index (Phi) is 4.97. The largest absolute Gasteiger partial charge is 0.333 e. The summed E-state index contributed by atoms with van der Waals surface area (Å²) in [4.78, 5) is 20.3. The zero-order valence-electron chi connectivity index (χ0n) is 11.6. The third-order valence-corrected chi connectivity index (χ3v) is 4.06. The fourth-order valence-electron chi connectivity index (χ4n) is 2.02. The standard InChI is InChI=1S/C13H18N4O2S/c1-3-16(4-2)8-9-20-13-14-10-6-5-7-11(17(18)19)12(10)15-13/h5-7H,3-4,8-9H2,1-2H3,(H,14,15). The molecular formula is C13H18N4O2S. The number of aromatic nitrogens is 2. The number of aromatic amines is 1. The van der Waals surface area contributed by atoms with E-state index in [2.05, 4.69) is 28.7 Å². The molecule has 0 radical (unpaired) electrons. The van der Waals surface area contributed by atoms with Crippen molar-refractivity contribution >= 4 is 28.5 Å². The van der Waals surface area contributed by atoms with Gasteiger partial charge in [-0.15, -0.1) is 0 Å². The maximum atomic E-state index is 10.9. The van der Waals surface area contributed by atoms with Gasteiger partial charge in [-0.3, -0.25) is 10.1 Å². The van der Waals surface area contributed by atoms with Crippen molar-refractivity contribution < 1.29 is 4.92 Å². The van der Waals surface area contributed by atoms with E-state index >= 15 is 0 Å². The Morgan fingerprint density at radius 1 is 1.40 bits per heavy atom. The summed E-state index contributed by atoms with van der Waals surface area (Å²) in [7, 11) is 0. The van der Waals surface area contributed by atoms with Crippen molar-refractivity contribution in [2.75, 3.05) is 25.4 Å². The summed E-state index contributed by atoms with van der Waals surface area (Å²) in [6.07, 6.45) is 0. The van der Waals surface area contributed by atoms with Gasteiger partial charge in [0, 0.05) is 18.4 Å². The van der Waals surface area contributed by atoms with Crippen LogP contribution in [0.4, 0.5) is 5.69 Å². The van der Waals surface area contributed by atoms with E-state index in [9.17, 15) is 10.1 Å². The smallest absolute Gasteiger partial charge is 0.297 e. The summed E-state index contributed by atoms with van der Waals surface area (Å²) in [5.74, 6) is 0.912. The third-order valence-electron chi connectivity index (χ3n) is 3.21. The minimum atomic E-state index is -0.395. The van der Waals surface area contributed by atoms with E-state index in [1.165, 1.54) is 6.07 Å². The molecule has 1 aromatic carbocycles. The van der Waals surface area contributed by atoms with Crippen molar-refractivity contribution in [2.24, 2.45) is 0 Å². The number of hydrogen-bond donors (Lipinski definition) is 1. The van der Waals surface area contributed by atoms with Crippen molar-refractivity contribution in [1.29, 1.82) is 0 Å². The van der Waals surface area contributed by atoms with Gasteiger partial charge in [-0.25, -0.2) is 4.98 Å². The Bertz CT molecular complexity index is 595. The number of non-ortho nitro benzene ring substituents is 1. The molecule has 0 saturated carbocycles. The first-order valence-electron chi connectivity index (χ1n) is 6.64. The van der Waals surface area contributed by atoms with E-state index in [-0.39, 0.29) is 5.69 Å². The van der Waals surface area contributed by atoms with Crippen LogP contribution in [0.3, 0.4) is 0 Å². The molecule has 20 heavy (non-hydrogen) atoms. The normalized spacial score (nSPS) is 11.3. The zero-order chi connectivity index (χ0) is 14.5. The zero-order valence-corrected chi connectivity index (χ0v) is 12.4. The predicted molar refractivity (Wildman–Crippen MR) is 81.3 cm³/mol. The highest BCUT2D eigenvalue weighted by Crippen LogP contribution is 2.26. The first kappa shape index (κ1) is 14.8. The molecule has 1 heterocycles. The lowest BCUT2D eigenvalue weighted by atomic mass is 10.3. The number of hydrogen-bond acceptors (Lipinski definition) is 5. The van der Waals surface area contributed by atoms with E-state index in [1.54, 1.807) is 17.8 Å². The van der Waals surface area contributed by atoms with Gasteiger partial charge in [0.15, 0.2) is 10.7 Å². The Morgan fingerprint density at radius 2 is 2.15 bits per heavy atom. The average molecular weight is 294 g/mol. The first-order valence-corrected chi connectivity index (χ1v) is 7.62. The number of rotatable bonds is 7. The fraction of sp³-hybridized carbons (Fsp3) is 0.462. The number of para-hydroxylation sites is 1. The molecule has 2 rings (SSSR count). The van der Waals surface area contributed by atoms with Crippen LogP contribution in [0.25, 0.3) is 11.0 Å². The Labute approximate surface area is 121 Å². The third kappa shape index (κ3) is 3.29. The van der Waals surface area contributed by atoms with Crippen LogP contribution in [0.15, 0.2) is 23.4 Å². The molecule has 0 aliphatic carbocycles. The molecule has 2 aromatic rings. The fourth-order valence-corrected chi connectivity index (χ4v) is 2.90. The molecule has 0 amide bonds. The monoisotopic (exact) mass is 294 g/mol. The van der Waals surface area contributed by atoms with Gasteiger partial charge < -0.3 is 9.88 Å². The number of fused-ring (bicyclic) bond motifs is 1. The Balaban J connectivity index is 2.08. The van der Waals surface area contributed by atoms with Crippen LogP contribution in [-0.4, -0.2) is 45.2 Å². The van der Waals surface area contributed by atoms with E-state index in [0.29, 0.717) is 11.0 Å². The molecule has 1 N–H and O–H groups in total. The van der Waals surface area contributed by atoms with E-state index < -0.39 is 4.92 Å². The van der Waals surface area contributed by atoms with Crippen molar-refractivity contribution in [3.05, 3.63) is 28.3 Å². The van der Waals surface area contributed by atoms with Crippen LogP contribution in [0, 0.1) is 10.1 Å². The lowest BCUT2D eigenvalue weighted by Crippen LogP contribution is -2.25. The highest BCUT2D eigenvalue weighted by Gasteiger charge is 2.15. The van der Waals surface area contributed by atoms with Crippen LogP contribution in [-0.2, 0) is 0 Å². The van der Waals surface area contributed by atoms with E-state index in [1.807, 2.05) is 6.07 Å². The Hall–Kier alpha value is -1.60. The number of nitrogens with zero attached hydrogens (tertiary/aromatic N) is 3. The maximum absolute atomic E-state index is 10.9. The van der Waals surface area contributed by atoms with Crippen LogP contribution >= 0.6 is 11.8 Å². The summed E-state index contributed by atoms with van der Waals surface area (Å²) in [5, 5.41) is 11.7. The lowest BCUT2D eigenvalue weighted by molar-refractivity contribution is -0.383. The van der Waals surface area contributed by atoms with Crippen molar-refractivity contribution in [2.45, 2.75) is 19.0 Å². The molecule has 0 aliphatic rings. The predicted octanol–water partition coefficient (Wildman–Crippen LogP) is 2.91. The minimum Gasteiger partial charge on any atom is -0.333 e. The van der Waals surface area contributed by atoms with Gasteiger partial charge in [0.1, 0.15) is 0 Å². The van der Waals surface area contributed by atoms with Crippen molar-refractivity contribution in [3.8, 4) is 0 Å². The summed E-state index contributed by atoms with van der Waals surface area (Å²) in [6.45, 7) is 7.32. The highest BCUT2D eigenvalue weighted by atomic mass is 32.2. The summed E-state index contributed by atoms with van der Waals surface area (Å²) < 4.78 is 0. The van der Waals surface area contributed by atoms with Gasteiger partial charge in [-0.1, -0.05) is 31.7 Å². The Morgan fingerprint density at radius 3 is 2.80 bits per heavy atom. The molecule has 0 fully saturated rings. The van der Waals surface area contributed by atoms with Gasteiger partial charge in [0.05, 0.1) is 10.4 Å². The van der Waals surface area contributed by atoms with Crippen LogP contribution < -0.4 is 0 Å². The SMILES string of the molecule is CCN(CC)CCSc1nc2c([N+](=O)[O-])cccc2[nH]1. The van der Waals surface area contributed by atoms with E-state index in [4.69, 9.17) is 0 Å². The molecular weight excluding hydrogens is 276 g/mol. The quantitative estimate of drug-likeness (QED) is 0.483. The summed E-state index contributed by atoms with van der Waals surface area (Å²) in [5.41, 5.74) is 1.20. The minimum absolute atomic E-state index is 0.0503. The molecule has 0 bridgehead atoms. The number of H-pyrrole nitrogens is 1. The topological polar surface area (TPSA) is 75.1 Å². The molecule has 0 spiro atoms. The number of imidazole rings is 1. The van der Waals surface area contributed by atoms with E-state index in [0.717, 1.165) is 30.5 Å². The molecule has 7 heteroatoms. The summed E-state index contributed by atoms with van der Waals surface area (Å²) >= 11 is 1.59. The molecule has 1 aromatic heterocycles. The molecule has 6 nitrogen and oxygen atoms in total. The summed E-state index contributed by atoms with van der Waals surface area (Å²) in [6, 6.07) is 4.96. The van der Waals surface area contributed by atoms with Gasteiger partial charge in [-0.05, 0) is 19.2 Å². The second-order valence-corrected chi connectivity index (χ2v) is 5.43. The number of nitro benzene ring substituents is 1. The highest BCUT2D eigenvalue weighted by molar-refractivity contribution is 7.99. The van der Waals surface area contributed by atoms with Crippen LogP contribution in [0.1, 0.15) is 13.8 Å². The first-order chi connectivity index (χ1) is 9.65. The lowest BCUT2D eigenvalue weighted by Gasteiger charge is -2.16. The van der Waals surface area contributed by atoms with Gasteiger partial charge in [-0.2, -0.15) is 0 Å². The molecule has 0 aliphatic heterocycles. The number of thioether (sulfide) groups is 1. The van der Waals surface area contributed by atoms with Crippen LogP contribution in [0.2, 0.25) is 0 Å². The number of nitrogens with one attached hydrogen (secondary N) is 1. The van der Waals surface area contributed by atoms with Crippen molar-refractivity contribution in [3.63, 3.8) is 0 Å². The maximum Gasteiger partial charge on any atom is 0.297 e. The molecule has 0 unspecified atom stereocenters. The second kappa shape index (κ2) is 6.71. The van der Waals surface area contributed by atoms with Crippen LogP contribution in [0.5, 0.6) is 0 Å². The molecule has 0 saturated heterocycles. The number of benzene rings is 1. The average Bonchev–Trinajstić information content (AvgIpc) is 2.85. The van der Waals surface area contributed by atoms with Gasteiger partial charge in [0.2, 0.25) is 0 Å². The van der Waals surface area contributed by atoms with Crippen molar-refractivity contribution in [1.82, 2.24) is 14.9 Å². The molecule has 108 valence electrons. The van der Waals surface area contributed by atoms with Gasteiger partial charge in [0.25, 0.3) is 5.69 Å². The van der Waals surface area contributed by atoms with Gasteiger partial charge >= 0.3 is 0 Å². The number of nitro groups is 1.